The standard InChI is InChI=1S/C15H13NS/c16-11-15(10-13-5-3-9-17-13)8-7-12-4-1-2-6-14(12)15/h1-6,9H,7-8,10H2. The second-order valence-corrected chi connectivity index (χ2v) is 5.64. The molecule has 1 heterocycles. The summed E-state index contributed by atoms with van der Waals surface area (Å²) in [4.78, 5) is 1.31. The van der Waals surface area contributed by atoms with Gasteiger partial charge in [0.05, 0.1) is 11.5 Å². The summed E-state index contributed by atoms with van der Waals surface area (Å²) in [6.07, 6.45) is 2.86. The maximum Gasteiger partial charge on any atom is 0.0876 e. The van der Waals surface area contributed by atoms with Crippen LogP contribution in [-0.4, -0.2) is 0 Å². The largest absolute Gasteiger partial charge is 0.197 e. The van der Waals surface area contributed by atoms with Gasteiger partial charge in [-0.1, -0.05) is 30.3 Å². The number of nitrogens with zero attached hydrogens (tertiary/aromatic N) is 1. The van der Waals surface area contributed by atoms with Crippen molar-refractivity contribution in [1.29, 1.82) is 5.26 Å². The van der Waals surface area contributed by atoms with E-state index in [2.05, 4.69) is 41.8 Å². The number of hydrogen-bond donors (Lipinski definition) is 0. The molecule has 1 unspecified atom stereocenters. The average Bonchev–Trinajstić information content (AvgIpc) is 2.99. The zero-order valence-corrected chi connectivity index (χ0v) is 10.3. The van der Waals surface area contributed by atoms with Gasteiger partial charge in [0.15, 0.2) is 0 Å². The summed E-state index contributed by atoms with van der Waals surface area (Å²) in [6.45, 7) is 0. The van der Waals surface area contributed by atoms with Crippen molar-refractivity contribution in [3.8, 4) is 6.07 Å². The Labute approximate surface area is 105 Å². The molecule has 0 radical (unpaired) electrons. The minimum absolute atomic E-state index is 0.290. The van der Waals surface area contributed by atoms with Crippen LogP contribution in [0.25, 0.3) is 0 Å². The van der Waals surface area contributed by atoms with E-state index in [1.165, 1.54) is 16.0 Å². The Hall–Kier alpha value is -1.59. The number of hydrogen-bond acceptors (Lipinski definition) is 2. The summed E-state index contributed by atoms with van der Waals surface area (Å²) in [5.74, 6) is 0. The fraction of sp³-hybridized carbons (Fsp3) is 0.267. The SMILES string of the molecule is N#CC1(Cc2cccs2)CCc2ccccc21. The number of nitriles is 1. The first-order valence-electron chi connectivity index (χ1n) is 5.86. The summed E-state index contributed by atoms with van der Waals surface area (Å²) < 4.78 is 0. The van der Waals surface area contributed by atoms with Crippen LogP contribution in [0, 0.1) is 11.3 Å². The molecule has 1 aliphatic rings. The molecule has 1 aromatic heterocycles. The maximum atomic E-state index is 9.62. The van der Waals surface area contributed by atoms with Crippen LogP contribution in [0.5, 0.6) is 0 Å². The van der Waals surface area contributed by atoms with E-state index in [1.807, 2.05) is 6.07 Å². The quantitative estimate of drug-likeness (QED) is 0.784. The molecular weight excluding hydrogens is 226 g/mol. The monoisotopic (exact) mass is 239 g/mol. The first-order chi connectivity index (χ1) is 8.34. The van der Waals surface area contributed by atoms with Gasteiger partial charge < -0.3 is 0 Å². The van der Waals surface area contributed by atoms with E-state index >= 15 is 0 Å². The van der Waals surface area contributed by atoms with E-state index in [0.29, 0.717) is 0 Å². The average molecular weight is 239 g/mol. The molecule has 0 saturated heterocycles. The van der Waals surface area contributed by atoms with Gasteiger partial charge in [-0.15, -0.1) is 11.3 Å². The summed E-state index contributed by atoms with van der Waals surface area (Å²) in [6, 6.07) is 15.2. The van der Waals surface area contributed by atoms with Gasteiger partial charge in [-0.25, -0.2) is 0 Å². The molecule has 17 heavy (non-hydrogen) atoms. The van der Waals surface area contributed by atoms with Crippen molar-refractivity contribution >= 4 is 11.3 Å². The maximum absolute atomic E-state index is 9.62. The van der Waals surface area contributed by atoms with E-state index in [1.54, 1.807) is 11.3 Å². The van der Waals surface area contributed by atoms with Crippen LogP contribution in [0.1, 0.15) is 22.4 Å². The van der Waals surface area contributed by atoms with Gasteiger partial charge in [0.25, 0.3) is 0 Å². The molecule has 1 atom stereocenters. The van der Waals surface area contributed by atoms with Gasteiger partial charge in [0, 0.05) is 11.3 Å². The normalized spacial score (nSPS) is 22.1. The fourth-order valence-corrected chi connectivity index (χ4v) is 3.56. The van der Waals surface area contributed by atoms with E-state index in [0.717, 1.165) is 19.3 Å². The Kier molecular flexibility index (Phi) is 2.49. The van der Waals surface area contributed by atoms with Crippen molar-refractivity contribution in [2.75, 3.05) is 0 Å². The topological polar surface area (TPSA) is 23.8 Å². The van der Waals surface area contributed by atoms with Crippen molar-refractivity contribution in [1.82, 2.24) is 0 Å². The lowest BCUT2D eigenvalue weighted by molar-refractivity contribution is 0.545. The number of thiophene rings is 1. The fourth-order valence-electron chi connectivity index (χ4n) is 2.74. The summed E-state index contributed by atoms with van der Waals surface area (Å²) in [5, 5.41) is 11.7. The third kappa shape index (κ3) is 1.67. The molecular formula is C15H13NS. The molecule has 84 valence electrons. The zero-order valence-electron chi connectivity index (χ0n) is 9.52. The Morgan fingerprint density at radius 3 is 2.88 bits per heavy atom. The highest BCUT2D eigenvalue weighted by atomic mass is 32.1. The van der Waals surface area contributed by atoms with E-state index in [-0.39, 0.29) is 5.41 Å². The lowest BCUT2D eigenvalue weighted by Gasteiger charge is -2.21. The molecule has 0 bridgehead atoms. The number of aryl methyl sites for hydroxylation is 1. The lowest BCUT2D eigenvalue weighted by atomic mass is 9.80. The van der Waals surface area contributed by atoms with Gasteiger partial charge in [-0.3, -0.25) is 0 Å². The van der Waals surface area contributed by atoms with Crippen LogP contribution < -0.4 is 0 Å². The predicted molar refractivity (Wildman–Crippen MR) is 70.1 cm³/mol. The van der Waals surface area contributed by atoms with Crippen molar-refractivity contribution in [2.24, 2.45) is 0 Å². The van der Waals surface area contributed by atoms with E-state index in [9.17, 15) is 5.26 Å². The van der Waals surface area contributed by atoms with Gasteiger partial charge in [0.1, 0.15) is 0 Å². The van der Waals surface area contributed by atoms with Crippen LogP contribution in [0.2, 0.25) is 0 Å². The second-order valence-electron chi connectivity index (χ2n) is 4.61. The molecule has 0 N–H and O–H groups in total. The number of rotatable bonds is 2. The second kappa shape index (κ2) is 4.01. The molecule has 3 rings (SSSR count). The van der Waals surface area contributed by atoms with Crippen LogP contribution in [0.3, 0.4) is 0 Å². The van der Waals surface area contributed by atoms with Gasteiger partial charge in [-0.2, -0.15) is 5.26 Å². The van der Waals surface area contributed by atoms with Crippen LogP contribution in [0.15, 0.2) is 41.8 Å². The predicted octanol–water partition coefficient (Wildman–Crippen LogP) is 3.70. The highest BCUT2D eigenvalue weighted by Crippen LogP contribution is 2.41. The van der Waals surface area contributed by atoms with Gasteiger partial charge >= 0.3 is 0 Å². The third-order valence-electron chi connectivity index (χ3n) is 3.62. The Bertz CT molecular complexity index is 565. The molecule has 0 amide bonds. The summed E-state index contributed by atoms with van der Waals surface area (Å²) in [7, 11) is 0. The van der Waals surface area contributed by atoms with Crippen molar-refractivity contribution < 1.29 is 0 Å². The number of fused-ring (bicyclic) bond motifs is 1. The molecule has 1 aliphatic carbocycles. The van der Waals surface area contributed by atoms with Crippen molar-refractivity contribution in [2.45, 2.75) is 24.7 Å². The molecule has 1 aromatic carbocycles. The van der Waals surface area contributed by atoms with Crippen molar-refractivity contribution in [3.05, 3.63) is 57.8 Å². The molecule has 2 heteroatoms. The molecule has 0 fully saturated rings. The van der Waals surface area contributed by atoms with Crippen LogP contribution >= 0.6 is 11.3 Å². The van der Waals surface area contributed by atoms with Crippen molar-refractivity contribution in [3.63, 3.8) is 0 Å². The first-order valence-corrected chi connectivity index (χ1v) is 6.74. The van der Waals surface area contributed by atoms with Crippen LogP contribution in [-0.2, 0) is 18.3 Å². The minimum atomic E-state index is -0.290. The van der Waals surface area contributed by atoms with Crippen LogP contribution in [0.4, 0.5) is 0 Å². The highest BCUT2D eigenvalue weighted by molar-refractivity contribution is 7.09. The Balaban J connectivity index is 2.03. The molecule has 0 aliphatic heterocycles. The number of benzene rings is 1. The third-order valence-corrected chi connectivity index (χ3v) is 4.50. The first kappa shape index (κ1) is 10.6. The molecule has 1 nitrogen and oxygen atoms in total. The Morgan fingerprint density at radius 2 is 2.12 bits per heavy atom. The molecule has 0 spiro atoms. The molecule has 2 aromatic rings. The van der Waals surface area contributed by atoms with E-state index < -0.39 is 0 Å². The van der Waals surface area contributed by atoms with Gasteiger partial charge in [-0.05, 0) is 35.4 Å². The summed E-state index contributed by atoms with van der Waals surface area (Å²) >= 11 is 1.75. The Morgan fingerprint density at radius 1 is 1.24 bits per heavy atom. The lowest BCUT2D eigenvalue weighted by Crippen LogP contribution is -2.23. The van der Waals surface area contributed by atoms with E-state index in [4.69, 9.17) is 0 Å². The summed E-state index contributed by atoms with van der Waals surface area (Å²) in [5.41, 5.74) is 2.31. The molecule has 0 saturated carbocycles. The smallest absolute Gasteiger partial charge is 0.0876 e. The highest BCUT2D eigenvalue weighted by Gasteiger charge is 2.39. The minimum Gasteiger partial charge on any atom is -0.197 e. The zero-order chi connectivity index (χ0) is 11.7. The van der Waals surface area contributed by atoms with Gasteiger partial charge in [0.2, 0.25) is 0 Å².